The molecule has 1 unspecified atom stereocenters. The van der Waals surface area contributed by atoms with Gasteiger partial charge in [-0.15, -0.1) is 23.1 Å². The van der Waals surface area contributed by atoms with Gasteiger partial charge in [0.15, 0.2) is 5.13 Å². The number of carbonyl (C=O) groups excluding carboxylic acids is 3. The standard InChI is InChI=1S/C24H23N3O4S2/c1-14-8-9-18(10-15(14)2)27(16(3)28)24-25-17(13-32-24)12-31-22(29)11-21-23(30)26-19-6-4-5-7-20(19)33-21/h4-10,13,21H,11-12H2,1-3H3,(H,26,30). The summed E-state index contributed by atoms with van der Waals surface area (Å²) in [6, 6.07) is 13.3. The molecule has 2 aromatic carbocycles. The van der Waals surface area contributed by atoms with E-state index in [4.69, 9.17) is 4.74 Å². The summed E-state index contributed by atoms with van der Waals surface area (Å²) in [5, 5.41) is 4.55. The molecule has 0 saturated heterocycles. The number of hydrogen-bond donors (Lipinski definition) is 1. The number of nitrogens with one attached hydrogen (secondary N) is 1. The van der Waals surface area contributed by atoms with Crippen LogP contribution in [0.25, 0.3) is 0 Å². The van der Waals surface area contributed by atoms with Crippen LogP contribution in [0, 0.1) is 13.8 Å². The van der Waals surface area contributed by atoms with Crippen LogP contribution >= 0.6 is 23.1 Å². The molecular weight excluding hydrogens is 458 g/mol. The fourth-order valence-electron chi connectivity index (χ4n) is 3.35. The van der Waals surface area contributed by atoms with Gasteiger partial charge in [-0.05, 0) is 49.2 Å². The zero-order valence-corrected chi connectivity index (χ0v) is 20.1. The highest BCUT2D eigenvalue weighted by molar-refractivity contribution is 8.01. The normalized spacial score (nSPS) is 14.9. The average Bonchev–Trinajstić information content (AvgIpc) is 3.23. The maximum Gasteiger partial charge on any atom is 0.307 e. The van der Waals surface area contributed by atoms with Gasteiger partial charge in [-0.1, -0.05) is 18.2 Å². The van der Waals surface area contributed by atoms with E-state index in [1.165, 1.54) is 30.0 Å². The molecule has 1 aromatic heterocycles. The van der Waals surface area contributed by atoms with Crippen LogP contribution in [0.2, 0.25) is 0 Å². The van der Waals surface area contributed by atoms with Crippen LogP contribution in [-0.2, 0) is 25.7 Å². The highest BCUT2D eigenvalue weighted by atomic mass is 32.2. The number of nitrogens with zero attached hydrogens (tertiary/aromatic N) is 2. The molecule has 2 heterocycles. The number of aryl methyl sites for hydroxylation is 2. The molecule has 0 saturated carbocycles. The minimum atomic E-state index is -0.545. The lowest BCUT2D eigenvalue weighted by molar-refractivity contribution is -0.145. The molecule has 1 aliphatic rings. The van der Waals surface area contributed by atoms with E-state index < -0.39 is 11.2 Å². The third-order valence-corrected chi connectivity index (χ3v) is 7.38. The van der Waals surface area contributed by atoms with E-state index in [-0.39, 0.29) is 24.8 Å². The van der Waals surface area contributed by atoms with E-state index in [0.29, 0.717) is 10.8 Å². The fraction of sp³-hybridized carbons (Fsp3) is 0.250. The number of benzene rings is 2. The molecule has 0 fully saturated rings. The van der Waals surface area contributed by atoms with Crippen molar-refractivity contribution in [2.24, 2.45) is 0 Å². The number of carbonyl (C=O) groups is 3. The number of thiazole rings is 1. The molecule has 7 nitrogen and oxygen atoms in total. The van der Waals surface area contributed by atoms with Crippen molar-refractivity contribution in [3.8, 4) is 0 Å². The molecular formula is C24H23N3O4S2. The van der Waals surface area contributed by atoms with Gasteiger partial charge in [-0.2, -0.15) is 0 Å². The second-order valence-electron chi connectivity index (χ2n) is 7.70. The number of aromatic nitrogens is 1. The Bertz CT molecular complexity index is 1220. The smallest absolute Gasteiger partial charge is 0.307 e. The predicted molar refractivity (Wildman–Crippen MR) is 130 cm³/mol. The van der Waals surface area contributed by atoms with Gasteiger partial charge in [0.25, 0.3) is 0 Å². The van der Waals surface area contributed by atoms with Crippen LogP contribution in [0.1, 0.15) is 30.2 Å². The summed E-state index contributed by atoms with van der Waals surface area (Å²) in [4.78, 5) is 44.0. The lowest BCUT2D eigenvalue weighted by atomic mass is 10.1. The number of thioether (sulfide) groups is 1. The average molecular weight is 482 g/mol. The zero-order valence-electron chi connectivity index (χ0n) is 18.5. The second-order valence-corrected chi connectivity index (χ2v) is 9.78. The Balaban J connectivity index is 1.38. The minimum absolute atomic E-state index is 0.0242. The van der Waals surface area contributed by atoms with Crippen LogP contribution < -0.4 is 10.2 Å². The molecule has 1 aliphatic heterocycles. The first-order chi connectivity index (χ1) is 15.8. The topological polar surface area (TPSA) is 88.6 Å². The molecule has 33 heavy (non-hydrogen) atoms. The van der Waals surface area contributed by atoms with Crippen LogP contribution in [0.15, 0.2) is 52.7 Å². The van der Waals surface area contributed by atoms with E-state index in [2.05, 4.69) is 10.3 Å². The summed E-state index contributed by atoms with van der Waals surface area (Å²) in [6.07, 6.45) is -0.0377. The van der Waals surface area contributed by atoms with Crippen molar-refractivity contribution in [2.75, 3.05) is 10.2 Å². The Hall–Kier alpha value is -3.17. The van der Waals surface area contributed by atoms with E-state index in [1.807, 2.05) is 56.3 Å². The van der Waals surface area contributed by atoms with Crippen molar-refractivity contribution in [3.63, 3.8) is 0 Å². The quantitative estimate of drug-likeness (QED) is 0.499. The maximum atomic E-state index is 12.4. The Kier molecular flexibility index (Phi) is 6.80. The Morgan fingerprint density at radius 2 is 1.94 bits per heavy atom. The van der Waals surface area contributed by atoms with Gasteiger partial charge in [0.2, 0.25) is 11.8 Å². The van der Waals surface area contributed by atoms with Crippen molar-refractivity contribution >= 4 is 57.4 Å². The predicted octanol–water partition coefficient (Wildman–Crippen LogP) is 4.99. The van der Waals surface area contributed by atoms with Gasteiger partial charge in [-0.3, -0.25) is 19.3 Å². The highest BCUT2D eigenvalue weighted by Gasteiger charge is 2.29. The Morgan fingerprint density at radius 1 is 1.15 bits per heavy atom. The highest BCUT2D eigenvalue weighted by Crippen LogP contribution is 2.37. The number of hydrogen-bond acceptors (Lipinski definition) is 7. The summed E-state index contributed by atoms with van der Waals surface area (Å²) in [5.41, 5.74) is 4.26. The van der Waals surface area contributed by atoms with E-state index in [1.54, 1.807) is 10.3 Å². The van der Waals surface area contributed by atoms with Gasteiger partial charge >= 0.3 is 5.97 Å². The third-order valence-electron chi connectivity index (χ3n) is 5.23. The number of rotatable bonds is 6. The number of fused-ring (bicyclic) bond motifs is 1. The number of para-hydroxylation sites is 1. The van der Waals surface area contributed by atoms with Crippen molar-refractivity contribution in [1.82, 2.24) is 4.98 Å². The second kappa shape index (κ2) is 9.76. The summed E-state index contributed by atoms with van der Waals surface area (Å²) in [5.74, 6) is -0.844. The lowest BCUT2D eigenvalue weighted by Crippen LogP contribution is -2.31. The van der Waals surface area contributed by atoms with E-state index >= 15 is 0 Å². The van der Waals surface area contributed by atoms with E-state index in [9.17, 15) is 14.4 Å². The maximum absolute atomic E-state index is 12.4. The summed E-state index contributed by atoms with van der Waals surface area (Å²) in [7, 11) is 0. The van der Waals surface area contributed by atoms with Gasteiger partial charge in [0.1, 0.15) is 6.61 Å². The third kappa shape index (κ3) is 5.26. The summed E-state index contributed by atoms with van der Waals surface area (Å²) >= 11 is 2.66. The summed E-state index contributed by atoms with van der Waals surface area (Å²) in [6.45, 7) is 5.47. The van der Waals surface area contributed by atoms with Crippen molar-refractivity contribution in [2.45, 2.75) is 43.9 Å². The summed E-state index contributed by atoms with van der Waals surface area (Å²) < 4.78 is 5.37. The largest absolute Gasteiger partial charge is 0.459 e. The fourth-order valence-corrected chi connectivity index (χ4v) is 5.32. The first kappa shape index (κ1) is 23.0. The van der Waals surface area contributed by atoms with Crippen molar-refractivity contribution < 1.29 is 19.1 Å². The molecule has 9 heteroatoms. The zero-order chi connectivity index (χ0) is 23.5. The molecule has 4 rings (SSSR count). The molecule has 0 aliphatic carbocycles. The van der Waals surface area contributed by atoms with Crippen LogP contribution in [-0.4, -0.2) is 28.0 Å². The molecule has 1 atom stereocenters. The van der Waals surface area contributed by atoms with Crippen LogP contribution in [0.3, 0.4) is 0 Å². The SMILES string of the molecule is CC(=O)N(c1ccc(C)c(C)c1)c1nc(COC(=O)CC2Sc3ccccc3NC2=O)cs1. The molecule has 0 bridgehead atoms. The van der Waals surface area contributed by atoms with Gasteiger partial charge < -0.3 is 10.1 Å². The Morgan fingerprint density at radius 3 is 2.70 bits per heavy atom. The first-order valence-corrected chi connectivity index (χ1v) is 12.1. The van der Waals surface area contributed by atoms with Crippen LogP contribution in [0.4, 0.5) is 16.5 Å². The molecule has 3 aromatic rings. The minimum Gasteiger partial charge on any atom is -0.459 e. The van der Waals surface area contributed by atoms with E-state index in [0.717, 1.165) is 27.4 Å². The van der Waals surface area contributed by atoms with Gasteiger partial charge in [-0.25, -0.2) is 4.98 Å². The monoisotopic (exact) mass is 481 g/mol. The number of esters is 1. The molecule has 0 radical (unpaired) electrons. The van der Waals surface area contributed by atoms with Crippen molar-refractivity contribution in [1.29, 1.82) is 0 Å². The molecule has 170 valence electrons. The van der Waals surface area contributed by atoms with Crippen molar-refractivity contribution in [3.05, 3.63) is 64.7 Å². The number of ether oxygens (including phenoxy) is 1. The number of anilines is 3. The van der Waals surface area contributed by atoms with Gasteiger partial charge in [0.05, 0.1) is 28.7 Å². The molecule has 2 amide bonds. The number of amides is 2. The first-order valence-electron chi connectivity index (χ1n) is 10.4. The molecule has 1 N–H and O–H groups in total. The Labute approximate surface area is 200 Å². The van der Waals surface area contributed by atoms with Crippen LogP contribution in [0.5, 0.6) is 0 Å². The molecule has 0 spiro atoms. The lowest BCUT2D eigenvalue weighted by Gasteiger charge is -2.23. The van der Waals surface area contributed by atoms with Gasteiger partial charge in [0, 0.05) is 17.2 Å².